The number of rotatable bonds is 4. The average Bonchev–Trinajstić information content (AvgIpc) is 2.59. The minimum atomic E-state index is -0.413. The van der Waals surface area contributed by atoms with Gasteiger partial charge in [0.1, 0.15) is 0 Å². The summed E-state index contributed by atoms with van der Waals surface area (Å²) >= 11 is 1.69. The number of hydrogen-bond donors (Lipinski definition) is 0. The molecule has 0 spiro atoms. The van der Waals surface area contributed by atoms with Crippen LogP contribution in [0.2, 0.25) is 0 Å². The van der Waals surface area contributed by atoms with Crippen molar-refractivity contribution in [2.24, 2.45) is 0 Å². The predicted octanol–water partition coefficient (Wildman–Crippen LogP) is 1.65. The second-order valence-electron chi connectivity index (χ2n) is 3.56. The highest BCUT2D eigenvalue weighted by molar-refractivity contribution is 7.10. The van der Waals surface area contributed by atoms with E-state index in [1.807, 2.05) is 5.38 Å². The third-order valence-electron chi connectivity index (χ3n) is 2.29. The summed E-state index contributed by atoms with van der Waals surface area (Å²) in [6, 6.07) is 2.06. The quantitative estimate of drug-likeness (QED) is 0.731. The van der Waals surface area contributed by atoms with Crippen molar-refractivity contribution in [3.8, 4) is 0 Å². The first-order chi connectivity index (χ1) is 7.02. The topological polar surface area (TPSA) is 37.4 Å². The summed E-state index contributed by atoms with van der Waals surface area (Å²) in [4.78, 5) is 24.8. The van der Waals surface area contributed by atoms with Crippen molar-refractivity contribution >= 4 is 23.0 Å². The molecular formula is C11H15NO2S. The van der Waals surface area contributed by atoms with Crippen LogP contribution in [0.5, 0.6) is 0 Å². The number of hydrogen-bond acceptors (Lipinski definition) is 3. The van der Waals surface area contributed by atoms with Gasteiger partial charge in [-0.3, -0.25) is 9.59 Å². The van der Waals surface area contributed by atoms with E-state index in [9.17, 15) is 9.59 Å². The molecule has 0 unspecified atom stereocenters. The smallest absolute Gasteiger partial charge is 0.289 e. The molecule has 0 aromatic carbocycles. The summed E-state index contributed by atoms with van der Waals surface area (Å²) in [7, 11) is 1.66. The molecule has 1 amide bonds. The van der Waals surface area contributed by atoms with Crippen LogP contribution in [0.4, 0.5) is 0 Å². The van der Waals surface area contributed by atoms with E-state index in [0.717, 1.165) is 6.42 Å². The van der Waals surface area contributed by atoms with Gasteiger partial charge in [0.25, 0.3) is 5.91 Å². The van der Waals surface area contributed by atoms with E-state index in [1.54, 1.807) is 18.4 Å². The van der Waals surface area contributed by atoms with Gasteiger partial charge in [0.15, 0.2) is 0 Å². The molecular weight excluding hydrogens is 210 g/mol. The van der Waals surface area contributed by atoms with E-state index in [0.29, 0.717) is 6.54 Å². The average molecular weight is 225 g/mol. The van der Waals surface area contributed by atoms with Gasteiger partial charge in [0.2, 0.25) is 5.78 Å². The van der Waals surface area contributed by atoms with Gasteiger partial charge in [0.05, 0.1) is 0 Å². The Morgan fingerprint density at radius 3 is 2.60 bits per heavy atom. The van der Waals surface area contributed by atoms with Gasteiger partial charge >= 0.3 is 0 Å². The number of aryl methyl sites for hydroxylation is 1. The number of thiophene rings is 1. The summed E-state index contributed by atoms with van der Waals surface area (Å²) in [5.41, 5.74) is 1.25. The second-order valence-corrected chi connectivity index (χ2v) is 4.56. The second kappa shape index (κ2) is 5.07. The normalized spacial score (nSPS) is 10.1. The summed E-state index contributed by atoms with van der Waals surface area (Å²) in [5.74, 6) is -0.815. The Morgan fingerprint density at radius 2 is 2.13 bits per heavy atom. The van der Waals surface area contributed by atoms with Crippen LogP contribution >= 0.6 is 11.3 Å². The highest BCUT2D eigenvalue weighted by atomic mass is 32.1. The van der Waals surface area contributed by atoms with E-state index in [4.69, 9.17) is 0 Å². The Balaban J connectivity index is 2.48. The molecule has 82 valence electrons. The Hall–Kier alpha value is -1.16. The van der Waals surface area contributed by atoms with E-state index in [2.05, 4.69) is 13.0 Å². The molecule has 0 saturated heterocycles. The molecule has 0 aliphatic heterocycles. The lowest BCUT2D eigenvalue weighted by Crippen LogP contribution is -2.33. The third kappa shape index (κ3) is 3.16. The van der Waals surface area contributed by atoms with Gasteiger partial charge < -0.3 is 4.90 Å². The van der Waals surface area contributed by atoms with Crippen molar-refractivity contribution in [3.05, 3.63) is 21.9 Å². The Labute approximate surface area is 93.7 Å². The lowest BCUT2D eigenvalue weighted by molar-refractivity contribution is -0.142. The van der Waals surface area contributed by atoms with Gasteiger partial charge in [-0.25, -0.2) is 0 Å². The standard InChI is InChI=1S/C11H15NO2S/c1-8-5-7-15-10(8)4-6-12(3)11(14)9(2)13/h5,7H,4,6H2,1-3H3. The van der Waals surface area contributed by atoms with Crippen molar-refractivity contribution in [1.29, 1.82) is 0 Å². The maximum absolute atomic E-state index is 11.3. The van der Waals surface area contributed by atoms with E-state index in [1.165, 1.54) is 22.3 Å². The fraction of sp³-hybridized carbons (Fsp3) is 0.455. The maximum Gasteiger partial charge on any atom is 0.289 e. The zero-order valence-electron chi connectivity index (χ0n) is 9.24. The highest BCUT2D eigenvalue weighted by Crippen LogP contribution is 2.16. The molecule has 0 aliphatic carbocycles. The lowest BCUT2D eigenvalue weighted by Gasteiger charge is -2.14. The van der Waals surface area contributed by atoms with Crippen LogP contribution in [-0.4, -0.2) is 30.2 Å². The molecule has 0 radical (unpaired) electrons. The number of carbonyl (C=O) groups excluding carboxylic acids is 2. The molecule has 0 fully saturated rings. The van der Waals surface area contributed by atoms with Crippen molar-refractivity contribution in [2.45, 2.75) is 20.3 Å². The predicted molar refractivity (Wildman–Crippen MR) is 61.1 cm³/mol. The van der Waals surface area contributed by atoms with Gasteiger partial charge in [0, 0.05) is 25.4 Å². The first-order valence-electron chi connectivity index (χ1n) is 4.81. The van der Waals surface area contributed by atoms with Crippen LogP contribution < -0.4 is 0 Å². The number of likely N-dealkylation sites (N-methyl/N-ethyl adjacent to an activating group) is 1. The third-order valence-corrected chi connectivity index (χ3v) is 3.37. The zero-order chi connectivity index (χ0) is 11.4. The number of amides is 1. The number of carbonyl (C=O) groups is 2. The summed E-state index contributed by atoms with van der Waals surface area (Å²) in [6.45, 7) is 3.95. The Morgan fingerprint density at radius 1 is 1.47 bits per heavy atom. The molecule has 1 heterocycles. The maximum atomic E-state index is 11.3. The Kier molecular flexibility index (Phi) is 4.03. The zero-order valence-corrected chi connectivity index (χ0v) is 10.1. The molecule has 0 saturated carbocycles. The van der Waals surface area contributed by atoms with Crippen LogP contribution in [0, 0.1) is 6.92 Å². The van der Waals surface area contributed by atoms with Crippen molar-refractivity contribution < 1.29 is 9.59 Å². The van der Waals surface area contributed by atoms with E-state index < -0.39 is 11.7 Å². The van der Waals surface area contributed by atoms with E-state index >= 15 is 0 Å². The van der Waals surface area contributed by atoms with Crippen LogP contribution in [0.3, 0.4) is 0 Å². The largest absolute Gasteiger partial charge is 0.339 e. The van der Waals surface area contributed by atoms with Crippen LogP contribution in [0.1, 0.15) is 17.4 Å². The molecule has 15 heavy (non-hydrogen) atoms. The first kappa shape index (κ1) is 11.9. The monoisotopic (exact) mass is 225 g/mol. The van der Waals surface area contributed by atoms with Gasteiger partial charge in [-0.05, 0) is 30.4 Å². The molecule has 0 atom stereocenters. The SMILES string of the molecule is CC(=O)C(=O)N(C)CCc1sccc1C. The molecule has 0 N–H and O–H groups in total. The van der Waals surface area contributed by atoms with Crippen molar-refractivity contribution in [3.63, 3.8) is 0 Å². The molecule has 0 aliphatic rings. The molecule has 1 aromatic rings. The van der Waals surface area contributed by atoms with Gasteiger partial charge in [-0.15, -0.1) is 11.3 Å². The van der Waals surface area contributed by atoms with Crippen LogP contribution in [-0.2, 0) is 16.0 Å². The van der Waals surface area contributed by atoms with Gasteiger partial charge in [-0.1, -0.05) is 0 Å². The number of ketones is 1. The minimum absolute atomic E-state index is 0.402. The minimum Gasteiger partial charge on any atom is -0.339 e. The summed E-state index contributed by atoms with van der Waals surface area (Å²) in [6.07, 6.45) is 0.818. The molecule has 1 aromatic heterocycles. The van der Waals surface area contributed by atoms with Crippen LogP contribution in [0.15, 0.2) is 11.4 Å². The van der Waals surface area contributed by atoms with Crippen LogP contribution in [0.25, 0.3) is 0 Å². The molecule has 3 nitrogen and oxygen atoms in total. The summed E-state index contributed by atoms with van der Waals surface area (Å²) in [5, 5.41) is 2.04. The first-order valence-corrected chi connectivity index (χ1v) is 5.69. The fourth-order valence-electron chi connectivity index (χ4n) is 1.30. The number of Topliss-reactive ketones (excluding diaryl/α,β-unsaturated/α-hetero) is 1. The van der Waals surface area contributed by atoms with Crippen molar-refractivity contribution in [2.75, 3.05) is 13.6 Å². The van der Waals surface area contributed by atoms with E-state index in [-0.39, 0.29) is 0 Å². The van der Waals surface area contributed by atoms with Gasteiger partial charge in [-0.2, -0.15) is 0 Å². The molecule has 1 rings (SSSR count). The van der Waals surface area contributed by atoms with Crippen molar-refractivity contribution in [1.82, 2.24) is 4.90 Å². The fourth-order valence-corrected chi connectivity index (χ4v) is 2.20. The Bertz CT molecular complexity index is 370. The highest BCUT2D eigenvalue weighted by Gasteiger charge is 2.13. The summed E-state index contributed by atoms with van der Waals surface area (Å²) < 4.78 is 0. The lowest BCUT2D eigenvalue weighted by atomic mass is 10.2. The number of nitrogens with zero attached hydrogens (tertiary/aromatic N) is 1. The molecule has 0 bridgehead atoms. The molecule has 4 heteroatoms.